The van der Waals surface area contributed by atoms with Gasteiger partial charge in [0.15, 0.2) is 0 Å². The Morgan fingerprint density at radius 1 is 0.960 bits per heavy atom. The molecule has 1 aliphatic carbocycles. The van der Waals surface area contributed by atoms with Crippen molar-refractivity contribution < 1.29 is 1.43 Å². The molecular formula is C24H27N. The van der Waals surface area contributed by atoms with Gasteiger partial charge in [0.05, 0.1) is 0 Å². The molecule has 0 fully saturated rings. The van der Waals surface area contributed by atoms with Crippen LogP contribution >= 0.6 is 0 Å². The highest BCUT2D eigenvalue weighted by atomic mass is 14.6. The Bertz CT molecular complexity index is 853. The van der Waals surface area contributed by atoms with Crippen molar-refractivity contribution in [2.75, 3.05) is 0 Å². The summed E-state index contributed by atoms with van der Waals surface area (Å²) in [6, 6.07) is 19.4. The standard InChI is InChI=1S/C15H13N.C9H12.H2/c1-11-7-15(10-16-9-11)14-6-5-12-3-2-4-13(12)8-14;1-2-6-9-7-4-3-5-8-9;/h2,4-10H,3H2,1H3;3-5,7-8H,2,6H2,1H3;1H. The van der Waals surface area contributed by atoms with E-state index in [-0.39, 0.29) is 1.43 Å². The van der Waals surface area contributed by atoms with Crippen molar-refractivity contribution in [2.45, 2.75) is 33.1 Å². The highest BCUT2D eigenvalue weighted by Gasteiger charge is 2.06. The minimum absolute atomic E-state index is 0. The topological polar surface area (TPSA) is 12.9 Å². The van der Waals surface area contributed by atoms with Gasteiger partial charge in [0.1, 0.15) is 0 Å². The number of hydrogen-bond donors (Lipinski definition) is 0. The lowest BCUT2D eigenvalue weighted by molar-refractivity contribution is 0.922. The van der Waals surface area contributed by atoms with Gasteiger partial charge in [-0.15, -0.1) is 0 Å². The van der Waals surface area contributed by atoms with Gasteiger partial charge in [-0.25, -0.2) is 0 Å². The summed E-state index contributed by atoms with van der Waals surface area (Å²) in [6.45, 7) is 4.27. The van der Waals surface area contributed by atoms with Gasteiger partial charge < -0.3 is 0 Å². The van der Waals surface area contributed by atoms with E-state index in [9.17, 15) is 0 Å². The fourth-order valence-corrected chi connectivity index (χ4v) is 3.07. The molecule has 1 heterocycles. The van der Waals surface area contributed by atoms with Crippen molar-refractivity contribution in [1.82, 2.24) is 4.98 Å². The molecule has 0 aliphatic heterocycles. The molecule has 0 atom stereocenters. The fourth-order valence-electron chi connectivity index (χ4n) is 3.07. The molecular weight excluding hydrogens is 302 g/mol. The van der Waals surface area contributed by atoms with Gasteiger partial charge in [-0.3, -0.25) is 4.98 Å². The SMILES string of the molecule is CCCc1ccccc1.Cc1cncc(-c2ccc3c(c2)C=CC3)c1.[HH]. The molecule has 25 heavy (non-hydrogen) atoms. The zero-order valence-corrected chi connectivity index (χ0v) is 15.1. The first kappa shape index (κ1) is 17.2. The molecule has 0 bridgehead atoms. The lowest BCUT2D eigenvalue weighted by Gasteiger charge is -2.05. The van der Waals surface area contributed by atoms with Crippen LogP contribution in [0.2, 0.25) is 0 Å². The average Bonchev–Trinajstić information content (AvgIpc) is 3.11. The molecule has 1 nitrogen and oxygen atoms in total. The lowest BCUT2D eigenvalue weighted by atomic mass is 10.0. The molecule has 0 saturated carbocycles. The van der Waals surface area contributed by atoms with Crippen LogP contribution in [-0.2, 0) is 12.8 Å². The van der Waals surface area contributed by atoms with Crippen LogP contribution in [0.5, 0.6) is 0 Å². The molecule has 128 valence electrons. The highest BCUT2D eigenvalue weighted by molar-refractivity contribution is 5.70. The number of rotatable bonds is 3. The first-order valence-electron chi connectivity index (χ1n) is 9.01. The van der Waals surface area contributed by atoms with E-state index in [1.807, 2.05) is 12.4 Å². The third kappa shape index (κ3) is 4.67. The Hall–Kier alpha value is -2.67. The molecule has 0 N–H and O–H groups in total. The molecule has 3 aromatic rings. The summed E-state index contributed by atoms with van der Waals surface area (Å²) in [5.41, 5.74) is 7.86. The number of nitrogens with zero attached hydrogens (tertiary/aromatic N) is 1. The minimum Gasteiger partial charge on any atom is -0.264 e. The number of allylic oxidation sites excluding steroid dienone is 1. The van der Waals surface area contributed by atoms with Crippen molar-refractivity contribution in [1.29, 1.82) is 0 Å². The molecule has 1 aliphatic rings. The van der Waals surface area contributed by atoms with Crippen LogP contribution in [0.15, 0.2) is 73.1 Å². The molecule has 2 aromatic carbocycles. The Labute approximate surface area is 152 Å². The van der Waals surface area contributed by atoms with Gasteiger partial charge in [0, 0.05) is 19.4 Å². The molecule has 0 spiro atoms. The summed E-state index contributed by atoms with van der Waals surface area (Å²) in [6.07, 6.45) is 11.7. The Morgan fingerprint density at radius 3 is 2.56 bits per heavy atom. The summed E-state index contributed by atoms with van der Waals surface area (Å²) in [5, 5.41) is 0. The molecule has 1 aromatic heterocycles. The van der Waals surface area contributed by atoms with Crippen LogP contribution in [0.1, 0.15) is 37.0 Å². The Balaban J connectivity index is 0.000000210. The maximum absolute atomic E-state index is 4.24. The quantitative estimate of drug-likeness (QED) is 0.533. The van der Waals surface area contributed by atoms with Crippen molar-refractivity contribution in [2.24, 2.45) is 0 Å². The first-order valence-corrected chi connectivity index (χ1v) is 9.01. The summed E-state index contributed by atoms with van der Waals surface area (Å²) < 4.78 is 0. The van der Waals surface area contributed by atoms with Gasteiger partial charge in [0.25, 0.3) is 0 Å². The van der Waals surface area contributed by atoms with Crippen LogP contribution < -0.4 is 0 Å². The number of benzene rings is 2. The number of aryl methyl sites for hydroxylation is 2. The van der Waals surface area contributed by atoms with E-state index in [2.05, 4.69) is 85.6 Å². The van der Waals surface area contributed by atoms with E-state index >= 15 is 0 Å². The smallest absolute Gasteiger partial charge is 0.0346 e. The van der Waals surface area contributed by atoms with Gasteiger partial charge in [-0.05, 0) is 59.7 Å². The maximum Gasteiger partial charge on any atom is 0.0346 e. The second-order valence-electron chi connectivity index (χ2n) is 6.51. The molecule has 0 unspecified atom stereocenters. The summed E-state index contributed by atoms with van der Waals surface area (Å²) in [5.74, 6) is 0. The summed E-state index contributed by atoms with van der Waals surface area (Å²) in [7, 11) is 0. The van der Waals surface area contributed by atoms with Gasteiger partial charge in [0.2, 0.25) is 0 Å². The van der Waals surface area contributed by atoms with E-state index in [0.29, 0.717) is 0 Å². The number of aromatic nitrogens is 1. The second kappa shape index (κ2) is 8.43. The van der Waals surface area contributed by atoms with E-state index in [4.69, 9.17) is 0 Å². The van der Waals surface area contributed by atoms with Gasteiger partial charge >= 0.3 is 0 Å². The predicted octanol–water partition coefficient (Wildman–Crippen LogP) is 6.51. The molecule has 0 amide bonds. The monoisotopic (exact) mass is 329 g/mol. The zero-order chi connectivity index (χ0) is 17.5. The molecule has 0 radical (unpaired) electrons. The predicted molar refractivity (Wildman–Crippen MR) is 110 cm³/mol. The Morgan fingerprint density at radius 2 is 1.80 bits per heavy atom. The minimum atomic E-state index is 0. The second-order valence-corrected chi connectivity index (χ2v) is 6.51. The van der Waals surface area contributed by atoms with Crippen LogP contribution in [0, 0.1) is 6.92 Å². The zero-order valence-electron chi connectivity index (χ0n) is 15.1. The lowest BCUT2D eigenvalue weighted by Crippen LogP contribution is -1.85. The van der Waals surface area contributed by atoms with Crippen LogP contribution in [0.3, 0.4) is 0 Å². The molecule has 1 heteroatoms. The first-order chi connectivity index (χ1) is 12.3. The third-order valence-electron chi connectivity index (χ3n) is 4.37. The maximum atomic E-state index is 4.24. The third-order valence-corrected chi connectivity index (χ3v) is 4.37. The van der Waals surface area contributed by atoms with Crippen molar-refractivity contribution in [3.8, 4) is 11.1 Å². The van der Waals surface area contributed by atoms with Crippen molar-refractivity contribution >= 4 is 6.08 Å². The molecule has 4 rings (SSSR count). The van der Waals surface area contributed by atoms with Crippen molar-refractivity contribution in [3.05, 3.63) is 95.3 Å². The van der Waals surface area contributed by atoms with Crippen LogP contribution in [0.25, 0.3) is 17.2 Å². The fraction of sp³-hybridized carbons (Fsp3) is 0.208. The number of fused-ring (bicyclic) bond motifs is 1. The summed E-state index contributed by atoms with van der Waals surface area (Å²) in [4.78, 5) is 4.24. The van der Waals surface area contributed by atoms with E-state index in [1.165, 1.54) is 46.2 Å². The number of hydrogen-bond acceptors (Lipinski definition) is 1. The van der Waals surface area contributed by atoms with Crippen molar-refractivity contribution in [3.63, 3.8) is 0 Å². The van der Waals surface area contributed by atoms with E-state index in [0.717, 1.165) is 6.42 Å². The number of pyridine rings is 1. The van der Waals surface area contributed by atoms with Crippen LogP contribution in [-0.4, -0.2) is 4.98 Å². The van der Waals surface area contributed by atoms with Crippen LogP contribution in [0.4, 0.5) is 0 Å². The average molecular weight is 329 g/mol. The highest BCUT2D eigenvalue weighted by Crippen LogP contribution is 2.26. The van der Waals surface area contributed by atoms with E-state index < -0.39 is 0 Å². The largest absolute Gasteiger partial charge is 0.264 e. The summed E-state index contributed by atoms with van der Waals surface area (Å²) >= 11 is 0. The van der Waals surface area contributed by atoms with Gasteiger partial charge in [-0.1, -0.05) is 68.0 Å². The van der Waals surface area contributed by atoms with E-state index in [1.54, 1.807) is 0 Å². The normalized spacial score (nSPS) is 11.6. The van der Waals surface area contributed by atoms with Gasteiger partial charge in [-0.2, -0.15) is 0 Å². The Kier molecular flexibility index (Phi) is 5.79. The molecule has 0 saturated heterocycles.